The zero-order chi connectivity index (χ0) is 16.0. The first-order valence-electron chi connectivity index (χ1n) is 6.11. The first kappa shape index (κ1) is 15.8. The predicted octanol–water partition coefficient (Wildman–Crippen LogP) is 4.15. The van der Waals surface area contributed by atoms with E-state index in [9.17, 15) is 17.6 Å². The lowest BCUT2D eigenvalue weighted by Crippen LogP contribution is -2.17. The van der Waals surface area contributed by atoms with Crippen LogP contribution in [0.2, 0.25) is 0 Å². The van der Waals surface area contributed by atoms with Crippen molar-refractivity contribution in [3.8, 4) is 5.75 Å². The van der Waals surface area contributed by atoms with Gasteiger partial charge in [0, 0.05) is 5.56 Å². The third-order valence-corrected chi connectivity index (χ3v) is 2.47. The standard InChI is InChI=1S/C15H10F4NO2/c16-13-5-1-11(2-6-13)9-20-21-10-12-3-7-14(8-4-12)22-15(17,18)19/h1-8H,10H2. The summed E-state index contributed by atoms with van der Waals surface area (Å²) in [6.07, 6.45) is -2.17. The molecule has 0 amide bonds. The van der Waals surface area contributed by atoms with Gasteiger partial charge in [-0.3, -0.25) is 0 Å². The molecule has 0 unspecified atom stereocenters. The van der Waals surface area contributed by atoms with Gasteiger partial charge in [0.15, 0.2) is 0 Å². The fourth-order valence-electron chi connectivity index (χ4n) is 1.50. The largest absolute Gasteiger partial charge is 0.573 e. The molecule has 0 aromatic heterocycles. The number of nitrogens with zero attached hydrogens (tertiary/aromatic N) is 1. The summed E-state index contributed by atoms with van der Waals surface area (Å²) in [6.45, 7) is 0.0560. The second-order valence-electron chi connectivity index (χ2n) is 4.18. The summed E-state index contributed by atoms with van der Waals surface area (Å²) >= 11 is 0. The molecule has 22 heavy (non-hydrogen) atoms. The maximum Gasteiger partial charge on any atom is 0.573 e. The smallest absolute Gasteiger partial charge is 0.406 e. The SMILES string of the molecule is Fc1ccc(/[C]=N\OCc2ccc(OC(F)(F)F)cc2)cc1. The van der Waals surface area contributed by atoms with Gasteiger partial charge in [-0.1, -0.05) is 17.3 Å². The minimum absolute atomic E-state index is 0.0560. The van der Waals surface area contributed by atoms with Crippen LogP contribution < -0.4 is 4.74 Å². The molecule has 1 radical (unpaired) electrons. The van der Waals surface area contributed by atoms with Crippen molar-refractivity contribution < 1.29 is 27.1 Å². The minimum Gasteiger partial charge on any atom is -0.406 e. The number of alkyl halides is 3. The van der Waals surface area contributed by atoms with Gasteiger partial charge in [0.25, 0.3) is 0 Å². The average Bonchev–Trinajstić information content (AvgIpc) is 2.45. The van der Waals surface area contributed by atoms with Crippen molar-refractivity contribution in [3.63, 3.8) is 0 Å². The van der Waals surface area contributed by atoms with Crippen molar-refractivity contribution in [2.45, 2.75) is 13.0 Å². The van der Waals surface area contributed by atoms with E-state index in [0.717, 1.165) is 0 Å². The summed E-state index contributed by atoms with van der Waals surface area (Å²) in [4.78, 5) is 4.95. The summed E-state index contributed by atoms with van der Waals surface area (Å²) < 4.78 is 52.4. The van der Waals surface area contributed by atoms with Crippen LogP contribution in [0.4, 0.5) is 17.6 Å². The number of hydrogen-bond donors (Lipinski definition) is 0. The second kappa shape index (κ2) is 6.93. The number of rotatable bonds is 5. The van der Waals surface area contributed by atoms with Crippen LogP contribution in [0.5, 0.6) is 5.75 Å². The van der Waals surface area contributed by atoms with Gasteiger partial charge in [-0.05, 0) is 42.0 Å². The van der Waals surface area contributed by atoms with Gasteiger partial charge < -0.3 is 9.57 Å². The molecule has 0 fully saturated rings. The van der Waals surface area contributed by atoms with Crippen molar-refractivity contribution >= 4 is 6.21 Å². The van der Waals surface area contributed by atoms with Gasteiger partial charge in [-0.2, -0.15) is 0 Å². The molecule has 115 valence electrons. The Morgan fingerprint density at radius 3 is 2.18 bits per heavy atom. The van der Waals surface area contributed by atoms with Crippen LogP contribution in [-0.2, 0) is 11.4 Å². The van der Waals surface area contributed by atoms with Crippen molar-refractivity contribution in [2.75, 3.05) is 0 Å². The maximum absolute atomic E-state index is 12.7. The molecule has 2 aromatic carbocycles. The fraction of sp³-hybridized carbons (Fsp3) is 0.133. The summed E-state index contributed by atoms with van der Waals surface area (Å²) in [5, 5.41) is 3.56. The minimum atomic E-state index is -4.72. The summed E-state index contributed by atoms with van der Waals surface area (Å²) in [5.41, 5.74) is 1.15. The molecule has 0 bridgehead atoms. The molecule has 2 aromatic rings. The fourth-order valence-corrected chi connectivity index (χ4v) is 1.50. The highest BCUT2D eigenvalue weighted by atomic mass is 19.4. The maximum atomic E-state index is 12.7. The Bertz CT molecular complexity index is 621. The van der Waals surface area contributed by atoms with E-state index in [2.05, 4.69) is 16.1 Å². The number of hydrogen-bond acceptors (Lipinski definition) is 3. The highest BCUT2D eigenvalue weighted by Gasteiger charge is 2.30. The lowest BCUT2D eigenvalue weighted by atomic mass is 10.2. The molecule has 0 atom stereocenters. The van der Waals surface area contributed by atoms with Gasteiger partial charge >= 0.3 is 6.36 Å². The Hall–Kier alpha value is -2.57. The molecule has 7 heteroatoms. The van der Waals surface area contributed by atoms with Crippen molar-refractivity contribution in [1.82, 2.24) is 0 Å². The zero-order valence-electron chi connectivity index (χ0n) is 11.1. The molecule has 0 N–H and O–H groups in total. The van der Waals surface area contributed by atoms with Crippen LogP contribution in [-0.4, -0.2) is 12.6 Å². The number of halogens is 4. The van der Waals surface area contributed by atoms with E-state index in [-0.39, 0.29) is 18.2 Å². The first-order valence-corrected chi connectivity index (χ1v) is 6.11. The Kier molecular flexibility index (Phi) is 4.98. The molecule has 0 aliphatic heterocycles. The third-order valence-electron chi connectivity index (χ3n) is 2.47. The highest BCUT2D eigenvalue weighted by Crippen LogP contribution is 2.22. The predicted molar refractivity (Wildman–Crippen MR) is 70.9 cm³/mol. The van der Waals surface area contributed by atoms with E-state index < -0.39 is 6.36 Å². The van der Waals surface area contributed by atoms with Crippen molar-refractivity contribution in [1.29, 1.82) is 0 Å². The highest BCUT2D eigenvalue weighted by molar-refractivity contribution is 5.78. The van der Waals surface area contributed by atoms with E-state index in [4.69, 9.17) is 4.84 Å². The molecule has 0 saturated carbocycles. The first-order chi connectivity index (χ1) is 10.4. The lowest BCUT2D eigenvalue weighted by molar-refractivity contribution is -0.274. The molecule has 0 heterocycles. The molecule has 0 aliphatic rings. The Morgan fingerprint density at radius 1 is 0.955 bits per heavy atom. The van der Waals surface area contributed by atoms with Crippen LogP contribution in [0.1, 0.15) is 11.1 Å². The Morgan fingerprint density at radius 2 is 1.59 bits per heavy atom. The summed E-state index contributed by atoms with van der Waals surface area (Å²) in [7, 11) is 0. The molecule has 0 aliphatic carbocycles. The van der Waals surface area contributed by atoms with E-state index in [0.29, 0.717) is 11.1 Å². The second-order valence-corrected chi connectivity index (χ2v) is 4.18. The van der Waals surface area contributed by atoms with Crippen molar-refractivity contribution in [3.05, 3.63) is 65.5 Å². The monoisotopic (exact) mass is 312 g/mol. The molecular weight excluding hydrogens is 302 g/mol. The average molecular weight is 312 g/mol. The van der Waals surface area contributed by atoms with Crippen LogP contribution in [0, 0.1) is 5.82 Å². The normalized spacial score (nSPS) is 11.6. The Labute approximate surface area is 123 Å². The van der Waals surface area contributed by atoms with Gasteiger partial charge in [0.2, 0.25) is 0 Å². The van der Waals surface area contributed by atoms with Gasteiger partial charge in [-0.15, -0.1) is 13.2 Å². The Balaban J connectivity index is 1.83. The molecule has 2 rings (SSSR count). The molecule has 0 spiro atoms. The molecule has 0 saturated heterocycles. The van der Waals surface area contributed by atoms with Crippen LogP contribution in [0.15, 0.2) is 53.7 Å². The van der Waals surface area contributed by atoms with E-state index in [1.165, 1.54) is 48.5 Å². The van der Waals surface area contributed by atoms with E-state index in [1.54, 1.807) is 0 Å². The van der Waals surface area contributed by atoms with Crippen molar-refractivity contribution in [2.24, 2.45) is 5.16 Å². The van der Waals surface area contributed by atoms with E-state index >= 15 is 0 Å². The van der Waals surface area contributed by atoms with Gasteiger partial charge in [-0.25, -0.2) is 4.39 Å². The van der Waals surface area contributed by atoms with Gasteiger partial charge in [0.05, 0.1) is 0 Å². The van der Waals surface area contributed by atoms with Crippen LogP contribution in [0.3, 0.4) is 0 Å². The molecular formula is C15H10F4NO2. The quantitative estimate of drug-likeness (QED) is 0.472. The topological polar surface area (TPSA) is 30.8 Å². The van der Waals surface area contributed by atoms with Crippen LogP contribution in [0.25, 0.3) is 0 Å². The summed E-state index contributed by atoms with van der Waals surface area (Å²) in [5.74, 6) is -0.676. The zero-order valence-corrected chi connectivity index (χ0v) is 11.1. The van der Waals surface area contributed by atoms with Gasteiger partial charge in [0.1, 0.15) is 24.4 Å². The number of benzene rings is 2. The molecule has 3 nitrogen and oxygen atoms in total. The van der Waals surface area contributed by atoms with E-state index in [1.807, 2.05) is 0 Å². The number of ether oxygens (including phenoxy) is 1. The third kappa shape index (κ3) is 5.43. The lowest BCUT2D eigenvalue weighted by Gasteiger charge is -2.08. The van der Waals surface area contributed by atoms with Crippen LogP contribution >= 0.6 is 0 Å². The summed E-state index contributed by atoms with van der Waals surface area (Å²) in [6, 6.07) is 10.7.